The molecule has 0 aliphatic rings. The van der Waals surface area contributed by atoms with Crippen LogP contribution in [0.5, 0.6) is 11.6 Å². The molecule has 0 aliphatic heterocycles. The molecule has 0 fully saturated rings. The molecule has 1 aromatic carbocycles. The van der Waals surface area contributed by atoms with Crippen molar-refractivity contribution in [3.05, 3.63) is 49.3 Å². The van der Waals surface area contributed by atoms with Gasteiger partial charge < -0.3 is 4.74 Å². The zero-order valence-electron chi connectivity index (χ0n) is 9.93. The SMILES string of the molecule is Cc1nc(Cl)nc(Oc2ccc(Cl)cc2Cl)c1[N+](=O)[O-]. The first-order valence-electron chi connectivity index (χ1n) is 5.20. The number of hydrogen-bond acceptors (Lipinski definition) is 5. The maximum atomic E-state index is 11.0. The largest absolute Gasteiger partial charge is 0.432 e. The summed E-state index contributed by atoms with van der Waals surface area (Å²) in [4.78, 5) is 17.8. The Balaban J connectivity index is 2.50. The van der Waals surface area contributed by atoms with Gasteiger partial charge in [-0.1, -0.05) is 23.2 Å². The monoisotopic (exact) mass is 333 g/mol. The van der Waals surface area contributed by atoms with E-state index >= 15 is 0 Å². The van der Waals surface area contributed by atoms with Crippen molar-refractivity contribution in [3.63, 3.8) is 0 Å². The third kappa shape index (κ3) is 3.09. The van der Waals surface area contributed by atoms with Crippen molar-refractivity contribution in [1.82, 2.24) is 9.97 Å². The number of rotatable bonds is 3. The van der Waals surface area contributed by atoms with Gasteiger partial charge in [-0.2, -0.15) is 4.98 Å². The van der Waals surface area contributed by atoms with Gasteiger partial charge in [0, 0.05) is 5.02 Å². The lowest BCUT2D eigenvalue weighted by molar-refractivity contribution is -0.386. The molecule has 2 aromatic rings. The zero-order chi connectivity index (χ0) is 14.9. The summed E-state index contributed by atoms with van der Waals surface area (Å²) in [5, 5.41) is 11.5. The van der Waals surface area contributed by atoms with Crippen LogP contribution < -0.4 is 4.74 Å². The lowest BCUT2D eigenvalue weighted by Gasteiger charge is -2.08. The van der Waals surface area contributed by atoms with E-state index in [9.17, 15) is 10.1 Å². The van der Waals surface area contributed by atoms with Crippen LogP contribution >= 0.6 is 34.8 Å². The molecule has 6 nitrogen and oxygen atoms in total. The second-order valence-corrected chi connectivity index (χ2v) is 4.85. The molecule has 104 valence electrons. The van der Waals surface area contributed by atoms with E-state index in [4.69, 9.17) is 39.5 Å². The minimum absolute atomic E-state index is 0.0927. The highest BCUT2D eigenvalue weighted by atomic mass is 35.5. The lowest BCUT2D eigenvalue weighted by Crippen LogP contribution is -2.01. The predicted octanol–water partition coefficient (Wildman–Crippen LogP) is 4.45. The number of aromatic nitrogens is 2. The Hall–Kier alpha value is -1.63. The standard InChI is InChI=1S/C11H6Cl3N3O3/c1-5-9(17(18)19)10(16-11(14)15-5)20-8-3-2-6(12)4-7(8)13/h2-4H,1H3. The fourth-order valence-corrected chi connectivity index (χ4v) is 2.10. The first-order valence-corrected chi connectivity index (χ1v) is 6.33. The van der Waals surface area contributed by atoms with E-state index in [0.717, 1.165) is 0 Å². The Bertz CT molecular complexity index is 694. The van der Waals surface area contributed by atoms with Gasteiger partial charge in [-0.15, -0.1) is 0 Å². The number of aryl methyl sites for hydroxylation is 1. The molecule has 1 heterocycles. The van der Waals surface area contributed by atoms with Crippen LogP contribution in [0.2, 0.25) is 15.3 Å². The second kappa shape index (κ2) is 5.78. The molecular formula is C11H6Cl3N3O3. The normalized spacial score (nSPS) is 10.4. The fourth-order valence-electron chi connectivity index (χ4n) is 1.45. The van der Waals surface area contributed by atoms with Crippen molar-refractivity contribution < 1.29 is 9.66 Å². The van der Waals surface area contributed by atoms with Gasteiger partial charge >= 0.3 is 11.6 Å². The Morgan fingerprint density at radius 2 is 1.95 bits per heavy atom. The molecular weight excluding hydrogens is 328 g/mol. The Morgan fingerprint density at radius 3 is 2.55 bits per heavy atom. The smallest absolute Gasteiger partial charge is 0.352 e. The quantitative estimate of drug-likeness (QED) is 0.471. The van der Waals surface area contributed by atoms with Crippen LogP contribution in [-0.2, 0) is 0 Å². The Morgan fingerprint density at radius 1 is 1.25 bits per heavy atom. The summed E-state index contributed by atoms with van der Waals surface area (Å²) in [6.07, 6.45) is 0. The minimum Gasteiger partial charge on any atom is -0.432 e. The van der Waals surface area contributed by atoms with Gasteiger partial charge in [0.15, 0.2) is 0 Å². The van der Waals surface area contributed by atoms with E-state index in [1.54, 1.807) is 0 Å². The minimum atomic E-state index is -0.648. The molecule has 0 aliphatic carbocycles. The van der Waals surface area contributed by atoms with Gasteiger partial charge in [-0.3, -0.25) is 10.1 Å². The van der Waals surface area contributed by atoms with Crippen molar-refractivity contribution in [2.24, 2.45) is 0 Å². The molecule has 0 atom stereocenters. The predicted molar refractivity (Wildman–Crippen MR) is 75.0 cm³/mol. The number of benzene rings is 1. The molecule has 0 N–H and O–H groups in total. The summed E-state index contributed by atoms with van der Waals surface area (Å²) >= 11 is 17.4. The molecule has 0 unspecified atom stereocenters. The molecule has 20 heavy (non-hydrogen) atoms. The molecule has 0 bridgehead atoms. The molecule has 1 aromatic heterocycles. The number of nitro groups is 1. The van der Waals surface area contributed by atoms with Crippen molar-refractivity contribution in [1.29, 1.82) is 0 Å². The highest BCUT2D eigenvalue weighted by Gasteiger charge is 2.24. The van der Waals surface area contributed by atoms with Gasteiger partial charge in [-0.25, -0.2) is 4.98 Å². The van der Waals surface area contributed by atoms with Crippen LogP contribution in [0.3, 0.4) is 0 Å². The average Bonchev–Trinajstić information content (AvgIpc) is 2.31. The van der Waals surface area contributed by atoms with Crippen molar-refractivity contribution >= 4 is 40.5 Å². The van der Waals surface area contributed by atoms with Crippen LogP contribution in [-0.4, -0.2) is 14.9 Å². The summed E-state index contributed by atoms with van der Waals surface area (Å²) in [5.41, 5.74) is -0.282. The van der Waals surface area contributed by atoms with Crippen LogP contribution in [0.1, 0.15) is 5.69 Å². The van der Waals surface area contributed by atoms with Crippen LogP contribution in [0, 0.1) is 17.0 Å². The molecule has 0 saturated carbocycles. The first-order chi connectivity index (χ1) is 9.38. The molecule has 9 heteroatoms. The highest BCUT2D eigenvalue weighted by molar-refractivity contribution is 6.35. The van der Waals surface area contributed by atoms with E-state index in [2.05, 4.69) is 9.97 Å². The van der Waals surface area contributed by atoms with E-state index < -0.39 is 4.92 Å². The van der Waals surface area contributed by atoms with Crippen molar-refractivity contribution in [2.75, 3.05) is 0 Å². The van der Waals surface area contributed by atoms with E-state index in [0.29, 0.717) is 5.02 Å². The summed E-state index contributed by atoms with van der Waals surface area (Å²) in [7, 11) is 0. The summed E-state index contributed by atoms with van der Waals surface area (Å²) < 4.78 is 5.35. The number of hydrogen-bond donors (Lipinski definition) is 0. The lowest BCUT2D eigenvalue weighted by atomic mass is 10.3. The van der Waals surface area contributed by atoms with E-state index in [1.165, 1.54) is 25.1 Å². The summed E-state index contributed by atoms with van der Waals surface area (Å²) in [5.74, 6) is -0.106. The van der Waals surface area contributed by atoms with Gasteiger partial charge in [0.1, 0.15) is 11.4 Å². The van der Waals surface area contributed by atoms with Gasteiger partial charge in [0.25, 0.3) is 0 Å². The highest BCUT2D eigenvalue weighted by Crippen LogP contribution is 2.36. The molecule has 2 rings (SSSR count). The zero-order valence-corrected chi connectivity index (χ0v) is 12.2. The summed E-state index contributed by atoms with van der Waals surface area (Å²) in [6.45, 7) is 1.43. The maximum Gasteiger partial charge on any atom is 0.352 e. The van der Waals surface area contributed by atoms with Gasteiger partial charge in [0.05, 0.1) is 9.95 Å². The average molecular weight is 335 g/mol. The number of halogens is 3. The molecule has 0 spiro atoms. The van der Waals surface area contributed by atoms with Crippen molar-refractivity contribution in [3.8, 4) is 11.6 Å². The maximum absolute atomic E-state index is 11.0. The van der Waals surface area contributed by atoms with Crippen molar-refractivity contribution in [2.45, 2.75) is 6.92 Å². The Kier molecular flexibility index (Phi) is 4.27. The molecule has 0 amide bonds. The van der Waals surface area contributed by atoms with Gasteiger partial charge in [-0.05, 0) is 36.7 Å². The number of ether oxygens (including phenoxy) is 1. The van der Waals surface area contributed by atoms with Crippen LogP contribution in [0.4, 0.5) is 5.69 Å². The molecule has 0 radical (unpaired) electrons. The topological polar surface area (TPSA) is 78.2 Å². The first kappa shape index (κ1) is 14.8. The third-order valence-corrected chi connectivity index (χ3v) is 2.98. The van der Waals surface area contributed by atoms with Crippen LogP contribution in [0.25, 0.3) is 0 Å². The van der Waals surface area contributed by atoms with E-state index in [-0.39, 0.29) is 33.3 Å². The number of nitrogens with zero attached hydrogens (tertiary/aromatic N) is 3. The molecule has 0 saturated heterocycles. The van der Waals surface area contributed by atoms with E-state index in [1.807, 2.05) is 0 Å². The van der Waals surface area contributed by atoms with Gasteiger partial charge in [0.2, 0.25) is 5.28 Å². The second-order valence-electron chi connectivity index (χ2n) is 3.67. The fraction of sp³-hybridized carbons (Fsp3) is 0.0909. The Labute approximate surface area is 128 Å². The van der Waals surface area contributed by atoms with Crippen LogP contribution in [0.15, 0.2) is 18.2 Å². The third-order valence-electron chi connectivity index (χ3n) is 2.28. The summed E-state index contributed by atoms with van der Waals surface area (Å²) in [6, 6.07) is 4.45.